The highest BCUT2D eigenvalue weighted by Gasteiger charge is 2.26. The summed E-state index contributed by atoms with van der Waals surface area (Å²) in [5.74, 6) is -0.0711. The van der Waals surface area contributed by atoms with E-state index in [0.717, 1.165) is 32.7 Å². The van der Waals surface area contributed by atoms with E-state index in [0.29, 0.717) is 19.4 Å². The average Bonchev–Trinajstić information content (AvgIpc) is 2.77. The lowest BCUT2D eigenvalue weighted by atomic mass is 10.2. The minimum Gasteiger partial charge on any atom is -0.353 e. The van der Waals surface area contributed by atoms with E-state index in [1.54, 1.807) is 0 Å². The molecule has 0 aliphatic carbocycles. The molecule has 0 radical (unpaired) electrons. The van der Waals surface area contributed by atoms with E-state index in [1.165, 1.54) is 0 Å². The highest BCUT2D eigenvalue weighted by atomic mass is 16.2. The van der Waals surface area contributed by atoms with Crippen LogP contribution in [0.1, 0.15) is 12.8 Å². The monoisotopic (exact) mass is 240 g/mol. The molecule has 2 rings (SSSR count). The summed E-state index contributed by atoms with van der Waals surface area (Å²) in [5.41, 5.74) is 0. The summed E-state index contributed by atoms with van der Waals surface area (Å²) in [6.07, 6.45) is 1.09. The molecule has 2 fully saturated rings. The van der Waals surface area contributed by atoms with E-state index >= 15 is 0 Å². The molecule has 6 heteroatoms. The van der Waals surface area contributed by atoms with Crippen LogP contribution in [0.5, 0.6) is 0 Å². The summed E-state index contributed by atoms with van der Waals surface area (Å²) in [4.78, 5) is 25.0. The van der Waals surface area contributed by atoms with Crippen molar-refractivity contribution in [3.05, 3.63) is 0 Å². The van der Waals surface area contributed by atoms with Crippen molar-refractivity contribution in [2.45, 2.75) is 18.9 Å². The van der Waals surface area contributed by atoms with Gasteiger partial charge in [0.2, 0.25) is 11.8 Å². The second kappa shape index (κ2) is 5.97. The van der Waals surface area contributed by atoms with E-state index in [-0.39, 0.29) is 17.9 Å². The van der Waals surface area contributed by atoms with Gasteiger partial charge in [0.15, 0.2) is 0 Å². The number of amides is 2. The zero-order valence-electron chi connectivity index (χ0n) is 10.00. The van der Waals surface area contributed by atoms with Gasteiger partial charge in [-0.25, -0.2) is 0 Å². The zero-order chi connectivity index (χ0) is 12.1. The number of hydrogen-bond donors (Lipinski definition) is 3. The van der Waals surface area contributed by atoms with Crippen molar-refractivity contribution in [2.75, 3.05) is 39.3 Å². The van der Waals surface area contributed by atoms with Crippen molar-refractivity contribution in [1.29, 1.82) is 0 Å². The molecule has 0 aromatic rings. The molecule has 2 aliphatic heterocycles. The Bertz CT molecular complexity index is 289. The van der Waals surface area contributed by atoms with E-state index in [1.807, 2.05) is 0 Å². The molecule has 1 atom stereocenters. The summed E-state index contributed by atoms with van der Waals surface area (Å²) in [6, 6.07) is -0.314. The maximum absolute atomic E-state index is 11.7. The lowest BCUT2D eigenvalue weighted by molar-refractivity contribution is -0.125. The topological polar surface area (TPSA) is 73.5 Å². The molecular formula is C11H20N4O2. The van der Waals surface area contributed by atoms with E-state index < -0.39 is 0 Å². The van der Waals surface area contributed by atoms with Crippen molar-refractivity contribution in [3.8, 4) is 0 Å². The molecule has 96 valence electrons. The van der Waals surface area contributed by atoms with Crippen molar-refractivity contribution in [2.24, 2.45) is 0 Å². The summed E-state index contributed by atoms with van der Waals surface area (Å²) >= 11 is 0. The zero-order valence-corrected chi connectivity index (χ0v) is 10.00. The van der Waals surface area contributed by atoms with Crippen LogP contribution in [-0.4, -0.2) is 62.0 Å². The van der Waals surface area contributed by atoms with Gasteiger partial charge in [0.1, 0.15) is 6.04 Å². The predicted octanol–water partition coefficient (Wildman–Crippen LogP) is -1.71. The normalized spacial score (nSPS) is 25.6. The molecule has 0 saturated carbocycles. The van der Waals surface area contributed by atoms with Crippen LogP contribution in [-0.2, 0) is 9.59 Å². The lowest BCUT2D eigenvalue weighted by Gasteiger charge is -2.27. The largest absolute Gasteiger partial charge is 0.353 e. The first kappa shape index (κ1) is 12.3. The van der Waals surface area contributed by atoms with Crippen molar-refractivity contribution < 1.29 is 9.59 Å². The van der Waals surface area contributed by atoms with Gasteiger partial charge in [-0.1, -0.05) is 0 Å². The second-order valence-electron chi connectivity index (χ2n) is 4.54. The summed E-state index contributed by atoms with van der Waals surface area (Å²) < 4.78 is 0. The number of carbonyl (C=O) groups excluding carboxylic acids is 2. The number of piperazine rings is 1. The fourth-order valence-electron chi connectivity index (χ4n) is 2.21. The number of rotatable bonds is 4. The minimum atomic E-state index is -0.314. The second-order valence-corrected chi connectivity index (χ2v) is 4.54. The van der Waals surface area contributed by atoms with Gasteiger partial charge in [-0.05, 0) is 6.42 Å². The van der Waals surface area contributed by atoms with Crippen LogP contribution in [0, 0.1) is 0 Å². The minimum absolute atomic E-state index is 0.0211. The highest BCUT2D eigenvalue weighted by molar-refractivity contribution is 5.90. The third kappa shape index (κ3) is 3.67. The smallest absolute Gasteiger partial charge is 0.242 e. The average molecular weight is 240 g/mol. The molecule has 2 aliphatic rings. The van der Waals surface area contributed by atoms with Crippen LogP contribution in [0.15, 0.2) is 0 Å². The molecule has 6 nitrogen and oxygen atoms in total. The Morgan fingerprint density at radius 1 is 1.41 bits per heavy atom. The third-order valence-corrected chi connectivity index (χ3v) is 3.25. The van der Waals surface area contributed by atoms with Crippen LogP contribution in [0.4, 0.5) is 0 Å². The summed E-state index contributed by atoms with van der Waals surface area (Å²) in [6.45, 7) is 5.66. The molecule has 17 heavy (non-hydrogen) atoms. The number of carbonyl (C=O) groups is 2. The predicted molar refractivity (Wildman–Crippen MR) is 63.5 cm³/mol. The third-order valence-electron chi connectivity index (χ3n) is 3.25. The van der Waals surface area contributed by atoms with Crippen molar-refractivity contribution >= 4 is 11.8 Å². The molecule has 0 unspecified atom stereocenters. The fraction of sp³-hybridized carbons (Fsp3) is 0.818. The van der Waals surface area contributed by atoms with Gasteiger partial charge < -0.3 is 16.0 Å². The van der Waals surface area contributed by atoms with E-state index in [4.69, 9.17) is 0 Å². The first-order chi connectivity index (χ1) is 8.25. The van der Waals surface area contributed by atoms with Gasteiger partial charge in [0.05, 0.1) is 0 Å². The van der Waals surface area contributed by atoms with E-state index in [2.05, 4.69) is 20.9 Å². The van der Waals surface area contributed by atoms with Crippen LogP contribution < -0.4 is 16.0 Å². The first-order valence-corrected chi connectivity index (χ1v) is 6.26. The molecule has 0 aromatic heterocycles. The SMILES string of the molecule is O=C1CC[C@H](C(=O)NCCN2CCNCC2)N1. The molecule has 2 saturated heterocycles. The van der Waals surface area contributed by atoms with Gasteiger partial charge in [0.25, 0.3) is 0 Å². The number of nitrogens with one attached hydrogen (secondary N) is 3. The Morgan fingerprint density at radius 2 is 2.18 bits per heavy atom. The molecule has 0 aromatic carbocycles. The highest BCUT2D eigenvalue weighted by Crippen LogP contribution is 2.05. The molecule has 2 amide bonds. The van der Waals surface area contributed by atoms with Gasteiger partial charge in [0, 0.05) is 45.7 Å². The van der Waals surface area contributed by atoms with Crippen LogP contribution in [0.3, 0.4) is 0 Å². The number of nitrogens with zero attached hydrogens (tertiary/aromatic N) is 1. The Morgan fingerprint density at radius 3 is 2.82 bits per heavy atom. The Hall–Kier alpha value is -1.14. The lowest BCUT2D eigenvalue weighted by Crippen LogP contribution is -2.48. The Labute approximate surface area is 101 Å². The molecule has 0 spiro atoms. The maximum Gasteiger partial charge on any atom is 0.242 e. The summed E-state index contributed by atoms with van der Waals surface area (Å²) in [5, 5.41) is 8.83. The Balaban J connectivity index is 1.61. The Kier molecular flexibility index (Phi) is 4.33. The van der Waals surface area contributed by atoms with Gasteiger partial charge >= 0.3 is 0 Å². The van der Waals surface area contributed by atoms with Crippen LogP contribution in [0.25, 0.3) is 0 Å². The van der Waals surface area contributed by atoms with Gasteiger partial charge in [-0.3, -0.25) is 14.5 Å². The van der Waals surface area contributed by atoms with E-state index in [9.17, 15) is 9.59 Å². The van der Waals surface area contributed by atoms with Crippen LogP contribution >= 0.6 is 0 Å². The maximum atomic E-state index is 11.7. The van der Waals surface area contributed by atoms with Crippen molar-refractivity contribution in [3.63, 3.8) is 0 Å². The standard InChI is InChI=1S/C11H20N4O2/c16-10-2-1-9(14-10)11(17)13-5-8-15-6-3-12-4-7-15/h9,12H,1-8H2,(H,13,17)(H,14,16)/t9-/m1/s1. The molecule has 3 N–H and O–H groups in total. The fourth-order valence-corrected chi connectivity index (χ4v) is 2.21. The molecule has 0 bridgehead atoms. The van der Waals surface area contributed by atoms with Crippen LogP contribution in [0.2, 0.25) is 0 Å². The quantitative estimate of drug-likeness (QED) is 0.547. The molecule has 2 heterocycles. The van der Waals surface area contributed by atoms with Gasteiger partial charge in [-0.15, -0.1) is 0 Å². The molecular weight excluding hydrogens is 220 g/mol. The first-order valence-electron chi connectivity index (χ1n) is 6.26. The number of hydrogen-bond acceptors (Lipinski definition) is 4. The van der Waals surface area contributed by atoms with Crippen molar-refractivity contribution in [1.82, 2.24) is 20.9 Å². The summed E-state index contributed by atoms with van der Waals surface area (Å²) in [7, 11) is 0. The van der Waals surface area contributed by atoms with Gasteiger partial charge in [-0.2, -0.15) is 0 Å².